The number of likely N-dealkylation sites (tertiary alicyclic amines) is 1. The van der Waals surface area contributed by atoms with Crippen LogP contribution >= 0.6 is 0 Å². The molecular weight excluding hydrogens is 216 g/mol. The third kappa shape index (κ3) is 4.77. The second-order valence-corrected chi connectivity index (χ2v) is 4.66. The number of amides is 2. The van der Waals surface area contributed by atoms with Gasteiger partial charge in [-0.15, -0.1) is 0 Å². The molecule has 1 aliphatic rings. The molecule has 0 saturated carbocycles. The zero-order chi connectivity index (χ0) is 12.7. The molecule has 1 heterocycles. The van der Waals surface area contributed by atoms with Crippen molar-refractivity contribution in [3.05, 3.63) is 12.2 Å². The van der Waals surface area contributed by atoms with Crippen LogP contribution in [0.2, 0.25) is 0 Å². The van der Waals surface area contributed by atoms with Crippen LogP contribution in [-0.4, -0.2) is 41.3 Å². The van der Waals surface area contributed by atoms with E-state index >= 15 is 0 Å². The van der Waals surface area contributed by atoms with Crippen LogP contribution in [0.5, 0.6) is 0 Å². The molecule has 2 unspecified atom stereocenters. The normalized spacial score (nSPS) is 22.1. The van der Waals surface area contributed by atoms with Crippen LogP contribution in [0.25, 0.3) is 0 Å². The Balaban J connectivity index is 2.34. The fourth-order valence-corrected chi connectivity index (χ4v) is 2.27. The predicted octanol–water partition coefficient (Wildman–Crippen LogP) is 1.90. The van der Waals surface area contributed by atoms with Crippen molar-refractivity contribution >= 4 is 6.03 Å². The van der Waals surface area contributed by atoms with Crippen LogP contribution in [-0.2, 0) is 0 Å². The maximum absolute atomic E-state index is 11.9. The lowest BCUT2D eigenvalue weighted by atomic mass is 10.1. The lowest BCUT2D eigenvalue weighted by Gasteiger charge is -2.25. The number of urea groups is 1. The fraction of sp³-hybridized carbons (Fsp3) is 0.769. The van der Waals surface area contributed by atoms with Gasteiger partial charge in [0.05, 0.1) is 6.10 Å². The van der Waals surface area contributed by atoms with Crippen molar-refractivity contribution in [2.45, 2.75) is 51.7 Å². The maximum atomic E-state index is 11.9. The van der Waals surface area contributed by atoms with Gasteiger partial charge in [0.1, 0.15) is 0 Å². The highest BCUT2D eigenvalue weighted by Crippen LogP contribution is 2.21. The van der Waals surface area contributed by atoms with Crippen LogP contribution in [0.1, 0.15) is 39.5 Å². The Kier molecular flexibility index (Phi) is 6.05. The number of allylic oxidation sites excluding steroid dienone is 1. The van der Waals surface area contributed by atoms with Crippen LogP contribution in [0, 0.1) is 0 Å². The van der Waals surface area contributed by atoms with Gasteiger partial charge in [0.25, 0.3) is 0 Å². The molecular formula is C13H24N2O2. The monoisotopic (exact) mass is 240 g/mol. The molecule has 98 valence electrons. The Morgan fingerprint density at radius 3 is 3.06 bits per heavy atom. The van der Waals surface area contributed by atoms with Crippen LogP contribution in [0.15, 0.2) is 12.2 Å². The molecule has 0 aromatic rings. The van der Waals surface area contributed by atoms with Gasteiger partial charge in [0.15, 0.2) is 0 Å². The molecule has 2 N–H and O–H groups in total. The lowest BCUT2D eigenvalue weighted by Crippen LogP contribution is -2.43. The van der Waals surface area contributed by atoms with E-state index in [1.54, 1.807) is 6.92 Å². The molecule has 4 nitrogen and oxygen atoms in total. The minimum absolute atomic E-state index is 0.0117. The molecule has 0 aromatic carbocycles. The summed E-state index contributed by atoms with van der Waals surface area (Å²) in [5.74, 6) is 0. The van der Waals surface area contributed by atoms with Gasteiger partial charge in [-0.1, -0.05) is 12.2 Å². The average molecular weight is 240 g/mol. The van der Waals surface area contributed by atoms with Gasteiger partial charge in [-0.05, 0) is 39.5 Å². The van der Waals surface area contributed by atoms with Gasteiger partial charge < -0.3 is 15.3 Å². The lowest BCUT2D eigenvalue weighted by molar-refractivity contribution is 0.138. The Morgan fingerprint density at radius 1 is 1.65 bits per heavy atom. The second kappa shape index (κ2) is 7.33. The molecule has 1 aliphatic heterocycles. The smallest absolute Gasteiger partial charge is 0.317 e. The Hall–Kier alpha value is -1.03. The third-order valence-corrected chi connectivity index (χ3v) is 3.07. The van der Waals surface area contributed by atoms with Crippen molar-refractivity contribution in [3.63, 3.8) is 0 Å². The summed E-state index contributed by atoms with van der Waals surface area (Å²) in [6.45, 7) is 5.25. The highest BCUT2D eigenvalue weighted by atomic mass is 16.3. The van der Waals surface area contributed by atoms with Gasteiger partial charge in [0.2, 0.25) is 0 Å². The topological polar surface area (TPSA) is 52.6 Å². The van der Waals surface area contributed by atoms with Crippen LogP contribution < -0.4 is 5.32 Å². The number of hydrogen-bond donors (Lipinski definition) is 2. The highest BCUT2D eigenvalue weighted by molar-refractivity contribution is 5.74. The van der Waals surface area contributed by atoms with Crippen LogP contribution in [0.3, 0.4) is 0 Å². The van der Waals surface area contributed by atoms with Gasteiger partial charge in [-0.2, -0.15) is 0 Å². The SMILES string of the molecule is C/C=C/CCNC(=O)N1CCCC1CC(C)O. The molecule has 0 aliphatic carbocycles. The molecule has 1 fully saturated rings. The summed E-state index contributed by atoms with van der Waals surface area (Å²) in [5, 5.41) is 12.3. The van der Waals surface area contributed by atoms with Gasteiger partial charge in [0, 0.05) is 19.1 Å². The van der Waals surface area contributed by atoms with E-state index in [0.29, 0.717) is 13.0 Å². The molecule has 2 amide bonds. The van der Waals surface area contributed by atoms with Crippen molar-refractivity contribution in [2.75, 3.05) is 13.1 Å². The highest BCUT2D eigenvalue weighted by Gasteiger charge is 2.29. The predicted molar refractivity (Wildman–Crippen MR) is 68.9 cm³/mol. The summed E-state index contributed by atoms with van der Waals surface area (Å²) in [5.41, 5.74) is 0. The number of rotatable bonds is 5. The zero-order valence-corrected chi connectivity index (χ0v) is 10.9. The largest absolute Gasteiger partial charge is 0.393 e. The molecule has 2 atom stereocenters. The first-order valence-corrected chi connectivity index (χ1v) is 6.48. The van der Waals surface area contributed by atoms with E-state index in [2.05, 4.69) is 5.32 Å². The summed E-state index contributed by atoms with van der Waals surface area (Å²) in [6, 6.07) is 0.217. The first kappa shape index (κ1) is 14.0. The van der Waals surface area contributed by atoms with Gasteiger partial charge in [-0.25, -0.2) is 4.79 Å². The van der Waals surface area contributed by atoms with E-state index < -0.39 is 0 Å². The zero-order valence-electron chi connectivity index (χ0n) is 10.9. The molecule has 4 heteroatoms. The number of aliphatic hydroxyl groups excluding tert-OH is 1. The fourth-order valence-electron chi connectivity index (χ4n) is 2.27. The Morgan fingerprint density at radius 2 is 2.41 bits per heavy atom. The number of carbonyl (C=O) groups is 1. The minimum Gasteiger partial charge on any atom is -0.393 e. The summed E-state index contributed by atoms with van der Waals surface area (Å²) < 4.78 is 0. The van der Waals surface area contributed by atoms with Crippen molar-refractivity contribution in [1.82, 2.24) is 10.2 Å². The summed E-state index contributed by atoms with van der Waals surface area (Å²) in [6.07, 6.45) is 7.29. The first-order valence-electron chi connectivity index (χ1n) is 6.48. The number of carbonyl (C=O) groups excluding carboxylic acids is 1. The Bertz CT molecular complexity index is 264. The molecule has 0 radical (unpaired) electrons. The first-order chi connectivity index (χ1) is 8.15. The van der Waals surface area contributed by atoms with E-state index in [4.69, 9.17) is 0 Å². The molecule has 17 heavy (non-hydrogen) atoms. The third-order valence-electron chi connectivity index (χ3n) is 3.07. The standard InChI is InChI=1S/C13H24N2O2/c1-3-4-5-8-14-13(17)15-9-6-7-12(15)10-11(2)16/h3-4,11-12,16H,5-10H2,1-2H3,(H,14,17)/b4-3+. The van der Waals surface area contributed by atoms with Crippen molar-refractivity contribution in [2.24, 2.45) is 0 Å². The van der Waals surface area contributed by atoms with Crippen molar-refractivity contribution < 1.29 is 9.90 Å². The van der Waals surface area contributed by atoms with Gasteiger partial charge >= 0.3 is 6.03 Å². The Labute approximate surface area is 104 Å². The minimum atomic E-state index is -0.337. The number of hydrogen-bond acceptors (Lipinski definition) is 2. The van der Waals surface area contributed by atoms with E-state index in [9.17, 15) is 9.90 Å². The number of aliphatic hydroxyl groups is 1. The van der Waals surface area contributed by atoms with E-state index in [1.807, 2.05) is 24.0 Å². The maximum Gasteiger partial charge on any atom is 0.317 e. The van der Waals surface area contributed by atoms with Crippen LogP contribution in [0.4, 0.5) is 4.79 Å². The van der Waals surface area contributed by atoms with E-state index in [-0.39, 0.29) is 18.2 Å². The molecule has 0 bridgehead atoms. The quantitative estimate of drug-likeness (QED) is 0.569. The van der Waals surface area contributed by atoms with Crippen molar-refractivity contribution in [1.29, 1.82) is 0 Å². The number of nitrogens with one attached hydrogen (secondary N) is 1. The van der Waals surface area contributed by atoms with Crippen molar-refractivity contribution in [3.8, 4) is 0 Å². The summed E-state index contributed by atoms with van der Waals surface area (Å²) >= 11 is 0. The average Bonchev–Trinajstić information content (AvgIpc) is 2.71. The van der Waals surface area contributed by atoms with E-state index in [0.717, 1.165) is 25.8 Å². The molecule has 0 aromatic heterocycles. The molecule has 0 spiro atoms. The van der Waals surface area contributed by atoms with E-state index in [1.165, 1.54) is 0 Å². The van der Waals surface area contributed by atoms with Gasteiger partial charge in [-0.3, -0.25) is 0 Å². The number of nitrogens with zero attached hydrogens (tertiary/aromatic N) is 1. The second-order valence-electron chi connectivity index (χ2n) is 4.66. The molecule has 1 rings (SSSR count). The summed E-state index contributed by atoms with van der Waals surface area (Å²) in [4.78, 5) is 13.8. The molecule has 1 saturated heterocycles. The summed E-state index contributed by atoms with van der Waals surface area (Å²) in [7, 11) is 0.